The van der Waals surface area contributed by atoms with E-state index in [1.807, 2.05) is 9.80 Å². The molecule has 2 fully saturated rings. The van der Waals surface area contributed by atoms with E-state index in [-0.39, 0.29) is 41.4 Å². The van der Waals surface area contributed by atoms with E-state index in [0.717, 1.165) is 6.20 Å². The number of nitrogens with one attached hydrogen (secondary N) is 1. The van der Waals surface area contributed by atoms with Gasteiger partial charge in [0.25, 0.3) is 0 Å². The van der Waals surface area contributed by atoms with Crippen LogP contribution in [-0.4, -0.2) is 73.5 Å². The molecule has 2 aromatic heterocycles. The quantitative estimate of drug-likeness (QED) is 0.739. The third-order valence-electron chi connectivity index (χ3n) is 5.93. The summed E-state index contributed by atoms with van der Waals surface area (Å²) in [5.74, 6) is 0.515. The number of ether oxygens (including phenoxy) is 2. The second kappa shape index (κ2) is 8.75. The Morgan fingerprint density at radius 2 is 1.61 bits per heavy atom. The van der Waals surface area contributed by atoms with E-state index in [2.05, 4.69) is 20.3 Å². The smallest absolute Gasteiger partial charge is 0.378 e. The average molecular weight is 464 g/mol. The Morgan fingerprint density at radius 3 is 2.27 bits per heavy atom. The van der Waals surface area contributed by atoms with Crippen LogP contribution in [0.5, 0.6) is 0 Å². The zero-order valence-corrected chi connectivity index (χ0v) is 17.8. The third kappa shape index (κ3) is 4.44. The van der Waals surface area contributed by atoms with Crippen LogP contribution in [0.1, 0.15) is 17.5 Å². The maximum absolute atomic E-state index is 14.3. The summed E-state index contributed by atoms with van der Waals surface area (Å²) in [6.45, 7) is 4.28. The number of aromatic nitrogens is 3. The number of pyridine rings is 1. The number of halogens is 3. The topological polar surface area (TPSA) is 92.7 Å². The highest BCUT2D eigenvalue weighted by Crippen LogP contribution is 2.43. The van der Waals surface area contributed by atoms with Crippen molar-refractivity contribution in [2.45, 2.75) is 19.0 Å². The summed E-state index contributed by atoms with van der Waals surface area (Å²) in [4.78, 5) is 28.9. The van der Waals surface area contributed by atoms with Crippen LogP contribution >= 0.6 is 0 Å². The van der Waals surface area contributed by atoms with E-state index in [0.29, 0.717) is 64.4 Å². The zero-order valence-electron chi connectivity index (χ0n) is 17.8. The van der Waals surface area contributed by atoms with Gasteiger partial charge in [-0.05, 0) is 6.42 Å². The lowest BCUT2D eigenvalue weighted by Gasteiger charge is -2.31. The second-order valence-electron chi connectivity index (χ2n) is 8.03. The van der Waals surface area contributed by atoms with Crippen molar-refractivity contribution >= 4 is 23.5 Å². The van der Waals surface area contributed by atoms with E-state index in [1.54, 1.807) is 6.07 Å². The van der Waals surface area contributed by atoms with Crippen LogP contribution < -0.4 is 15.1 Å². The van der Waals surface area contributed by atoms with Crippen molar-refractivity contribution in [3.8, 4) is 11.3 Å². The van der Waals surface area contributed by atoms with Crippen molar-refractivity contribution in [3.05, 3.63) is 23.4 Å². The van der Waals surface area contributed by atoms with Crippen molar-refractivity contribution in [2.75, 3.05) is 67.7 Å². The molecule has 1 N–H and O–H groups in total. The van der Waals surface area contributed by atoms with Gasteiger partial charge in [-0.1, -0.05) is 0 Å². The summed E-state index contributed by atoms with van der Waals surface area (Å²) in [5, 5.41) is 2.45. The number of amides is 1. The van der Waals surface area contributed by atoms with Crippen molar-refractivity contribution in [2.24, 2.45) is 0 Å². The Bertz CT molecular complexity index is 1020. The number of anilines is 3. The summed E-state index contributed by atoms with van der Waals surface area (Å²) in [7, 11) is 0. The molecule has 176 valence electrons. The van der Waals surface area contributed by atoms with Gasteiger partial charge in [-0.15, -0.1) is 0 Å². The molecule has 2 aromatic rings. The molecule has 2 saturated heterocycles. The molecule has 5 rings (SSSR count). The average Bonchev–Trinajstić information content (AvgIpc) is 2.83. The summed E-state index contributed by atoms with van der Waals surface area (Å²) in [6, 6.07) is 1.58. The standard InChI is InChI=1S/C21H23F3N6O3/c22-21(23,24)18-13-1-2-17(31)28-19(13)25-12-14(18)15-11-16(29-3-7-32-8-4-29)27-20(26-15)30-5-9-33-10-6-30/h11-12H,1-10H2,(H,25,28,31). The molecule has 33 heavy (non-hydrogen) atoms. The lowest BCUT2D eigenvalue weighted by Crippen LogP contribution is -2.39. The van der Waals surface area contributed by atoms with Crippen molar-refractivity contribution in [3.63, 3.8) is 0 Å². The van der Waals surface area contributed by atoms with E-state index in [1.165, 1.54) is 0 Å². The number of hydrogen-bond donors (Lipinski definition) is 1. The maximum Gasteiger partial charge on any atom is 0.417 e. The fraction of sp³-hybridized carbons (Fsp3) is 0.524. The second-order valence-corrected chi connectivity index (χ2v) is 8.03. The predicted octanol–water partition coefficient (Wildman–Crippen LogP) is 2.12. The van der Waals surface area contributed by atoms with Crippen LogP contribution in [0.3, 0.4) is 0 Å². The minimum absolute atomic E-state index is 0.0148. The summed E-state index contributed by atoms with van der Waals surface area (Å²) < 4.78 is 53.7. The van der Waals surface area contributed by atoms with Gasteiger partial charge in [0.1, 0.15) is 11.6 Å². The normalized spacial score (nSPS) is 19.3. The maximum atomic E-state index is 14.3. The van der Waals surface area contributed by atoms with Crippen LogP contribution in [-0.2, 0) is 26.9 Å². The summed E-state index contributed by atoms with van der Waals surface area (Å²) >= 11 is 0. The molecule has 9 nitrogen and oxygen atoms in total. The number of hydrogen-bond acceptors (Lipinski definition) is 8. The van der Waals surface area contributed by atoms with Crippen LogP contribution in [0.25, 0.3) is 11.3 Å². The van der Waals surface area contributed by atoms with Crippen LogP contribution in [0.2, 0.25) is 0 Å². The van der Waals surface area contributed by atoms with Gasteiger partial charge in [-0.2, -0.15) is 18.2 Å². The molecular formula is C21H23F3N6O3. The summed E-state index contributed by atoms with van der Waals surface area (Å²) in [6.07, 6.45) is -3.56. The van der Waals surface area contributed by atoms with Crippen molar-refractivity contribution < 1.29 is 27.4 Å². The fourth-order valence-electron chi connectivity index (χ4n) is 4.27. The lowest BCUT2D eigenvalue weighted by molar-refractivity contribution is -0.138. The fourth-order valence-corrected chi connectivity index (χ4v) is 4.27. The first-order chi connectivity index (χ1) is 15.9. The molecule has 0 unspecified atom stereocenters. The van der Waals surface area contributed by atoms with Crippen LogP contribution in [0, 0.1) is 0 Å². The highest BCUT2D eigenvalue weighted by Gasteiger charge is 2.40. The van der Waals surface area contributed by atoms with E-state index in [4.69, 9.17) is 9.47 Å². The van der Waals surface area contributed by atoms with Crippen LogP contribution in [0.4, 0.5) is 30.8 Å². The lowest BCUT2D eigenvalue weighted by atomic mass is 9.95. The molecule has 1 amide bonds. The number of nitrogens with zero attached hydrogens (tertiary/aromatic N) is 5. The van der Waals surface area contributed by atoms with Crippen molar-refractivity contribution in [1.29, 1.82) is 0 Å². The van der Waals surface area contributed by atoms with Crippen LogP contribution in [0.15, 0.2) is 12.3 Å². The molecule has 12 heteroatoms. The van der Waals surface area contributed by atoms with Gasteiger partial charge >= 0.3 is 6.18 Å². The Kier molecular flexibility index (Phi) is 5.79. The Labute approximate surface area is 187 Å². The van der Waals surface area contributed by atoms with Gasteiger partial charge < -0.3 is 24.6 Å². The molecule has 3 aliphatic rings. The highest BCUT2D eigenvalue weighted by molar-refractivity contribution is 5.93. The highest BCUT2D eigenvalue weighted by atomic mass is 19.4. The number of alkyl halides is 3. The third-order valence-corrected chi connectivity index (χ3v) is 5.93. The van der Waals surface area contributed by atoms with Gasteiger partial charge in [0.05, 0.1) is 37.7 Å². The Balaban J connectivity index is 1.65. The molecule has 0 radical (unpaired) electrons. The number of carbonyl (C=O) groups excluding carboxylic acids is 1. The van der Waals surface area contributed by atoms with Gasteiger partial charge in [-0.25, -0.2) is 9.97 Å². The van der Waals surface area contributed by atoms with Gasteiger partial charge in [-0.3, -0.25) is 4.79 Å². The molecule has 0 saturated carbocycles. The molecule has 0 bridgehead atoms. The molecule has 3 aliphatic heterocycles. The molecule has 0 spiro atoms. The Hall–Kier alpha value is -2.99. The van der Waals surface area contributed by atoms with Gasteiger partial charge in [0.2, 0.25) is 11.9 Å². The number of fused-ring (bicyclic) bond motifs is 1. The first-order valence-electron chi connectivity index (χ1n) is 10.8. The zero-order chi connectivity index (χ0) is 23.0. The number of morpholine rings is 2. The summed E-state index contributed by atoms with van der Waals surface area (Å²) in [5.41, 5.74) is -0.803. The van der Waals surface area contributed by atoms with E-state index < -0.39 is 11.7 Å². The molecule has 0 atom stereocenters. The first kappa shape index (κ1) is 21.8. The van der Waals surface area contributed by atoms with Gasteiger partial charge in [0.15, 0.2) is 0 Å². The molecule has 0 aromatic carbocycles. The van der Waals surface area contributed by atoms with Crippen molar-refractivity contribution in [1.82, 2.24) is 15.0 Å². The molecule has 5 heterocycles. The minimum Gasteiger partial charge on any atom is -0.378 e. The predicted molar refractivity (Wildman–Crippen MR) is 113 cm³/mol. The Morgan fingerprint density at radius 1 is 0.939 bits per heavy atom. The SMILES string of the molecule is O=C1CCc2c(ncc(-c3cc(N4CCOCC4)nc(N4CCOCC4)n3)c2C(F)(F)F)N1. The number of rotatable bonds is 3. The monoisotopic (exact) mass is 464 g/mol. The van der Waals surface area contributed by atoms with Gasteiger partial charge in [0, 0.05) is 56.0 Å². The minimum atomic E-state index is -4.65. The molecule has 0 aliphatic carbocycles. The first-order valence-corrected chi connectivity index (χ1v) is 10.8. The van der Waals surface area contributed by atoms with E-state index >= 15 is 0 Å². The molecular weight excluding hydrogens is 441 g/mol. The van der Waals surface area contributed by atoms with E-state index in [9.17, 15) is 18.0 Å². The number of carbonyl (C=O) groups is 1. The largest absolute Gasteiger partial charge is 0.417 e.